The largest absolute Gasteiger partial charge is 0.495 e. The number of carbonyl (C=O) groups is 1. The number of ether oxygens (including phenoxy) is 1. The SMILES string of the molecule is [C-]#[N+]c1ccc(Oc2ccc(B3OC(C)(C)C(C)(C)O3)c(C=O)c2)nc1N(C)C. The fraction of sp³-hybridized carbons (Fsp3) is 0.381. The van der Waals surface area contributed by atoms with Gasteiger partial charge in [0, 0.05) is 19.7 Å². The van der Waals surface area contributed by atoms with E-state index < -0.39 is 18.3 Å². The van der Waals surface area contributed by atoms with Gasteiger partial charge in [-0.15, -0.1) is 0 Å². The molecule has 0 saturated carbocycles. The average Bonchev–Trinajstić information content (AvgIpc) is 2.88. The minimum atomic E-state index is -0.634. The van der Waals surface area contributed by atoms with E-state index in [9.17, 15) is 4.79 Å². The van der Waals surface area contributed by atoms with E-state index in [1.807, 2.05) is 41.8 Å². The highest BCUT2D eigenvalue weighted by Gasteiger charge is 2.52. The molecule has 0 spiro atoms. The monoisotopic (exact) mass is 393 g/mol. The van der Waals surface area contributed by atoms with Crippen LogP contribution in [-0.2, 0) is 9.31 Å². The van der Waals surface area contributed by atoms with Crippen molar-refractivity contribution in [2.75, 3.05) is 19.0 Å². The second kappa shape index (κ2) is 7.50. The van der Waals surface area contributed by atoms with Gasteiger partial charge in [-0.2, -0.15) is 0 Å². The van der Waals surface area contributed by atoms with E-state index in [1.165, 1.54) is 0 Å². The highest BCUT2D eigenvalue weighted by Crippen LogP contribution is 2.37. The van der Waals surface area contributed by atoms with Gasteiger partial charge in [-0.3, -0.25) is 4.79 Å². The number of pyridine rings is 1. The Bertz CT molecular complexity index is 966. The highest BCUT2D eigenvalue weighted by atomic mass is 16.7. The summed E-state index contributed by atoms with van der Waals surface area (Å²) in [4.78, 5) is 21.3. The lowest BCUT2D eigenvalue weighted by Gasteiger charge is -2.32. The van der Waals surface area contributed by atoms with Crippen LogP contribution in [0.4, 0.5) is 11.5 Å². The first-order valence-electron chi connectivity index (χ1n) is 9.26. The molecule has 7 nitrogen and oxygen atoms in total. The zero-order valence-corrected chi connectivity index (χ0v) is 17.5. The zero-order valence-electron chi connectivity index (χ0n) is 17.5. The van der Waals surface area contributed by atoms with Crippen LogP contribution in [0.5, 0.6) is 11.6 Å². The maximum absolute atomic E-state index is 11.7. The molecule has 8 heteroatoms. The molecule has 1 aromatic heterocycles. The van der Waals surface area contributed by atoms with E-state index >= 15 is 0 Å². The Morgan fingerprint density at radius 1 is 1.14 bits per heavy atom. The molecule has 150 valence electrons. The molecular weight excluding hydrogens is 369 g/mol. The third-order valence-corrected chi connectivity index (χ3v) is 5.29. The average molecular weight is 393 g/mol. The van der Waals surface area contributed by atoms with E-state index in [2.05, 4.69) is 9.83 Å². The summed E-state index contributed by atoms with van der Waals surface area (Å²) in [5.74, 6) is 1.31. The summed E-state index contributed by atoms with van der Waals surface area (Å²) in [6.45, 7) is 15.1. The molecule has 0 atom stereocenters. The minimum Gasteiger partial charge on any atom is -0.439 e. The molecule has 29 heavy (non-hydrogen) atoms. The number of hydrogen-bond acceptors (Lipinski definition) is 6. The molecule has 1 fully saturated rings. The van der Waals surface area contributed by atoms with Crippen LogP contribution in [0.25, 0.3) is 4.85 Å². The molecule has 0 radical (unpaired) electrons. The lowest BCUT2D eigenvalue weighted by Crippen LogP contribution is -2.41. The van der Waals surface area contributed by atoms with E-state index in [-0.39, 0.29) is 0 Å². The van der Waals surface area contributed by atoms with Crippen molar-refractivity contribution in [3.8, 4) is 11.6 Å². The van der Waals surface area contributed by atoms with Crippen molar-refractivity contribution in [2.45, 2.75) is 38.9 Å². The number of aldehydes is 1. The summed E-state index contributed by atoms with van der Waals surface area (Å²) >= 11 is 0. The maximum Gasteiger partial charge on any atom is 0.495 e. The summed E-state index contributed by atoms with van der Waals surface area (Å²) in [5, 5.41) is 0. The Morgan fingerprint density at radius 3 is 2.34 bits per heavy atom. The Morgan fingerprint density at radius 2 is 1.79 bits per heavy atom. The molecule has 1 aliphatic rings. The van der Waals surface area contributed by atoms with Crippen molar-refractivity contribution in [1.29, 1.82) is 0 Å². The normalized spacial score (nSPS) is 16.9. The molecule has 2 aromatic rings. The quantitative estimate of drug-likeness (QED) is 0.439. The zero-order chi connectivity index (χ0) is 21.4. The van der Waals surface area contributed by atoms with Gasteiger partial charge in [-0.05, 0) is 57.4 Å². The molecule has 3 rings (SSSR count). The van der Waals surface area contributed by atoms with Crippen LogP contribution in [0.1, 0.15) is 38.1 Å². The van der Waals surface area contributed by atoms with Crippen molar-refractivity contribution in [3.05, 3.63) is 47.3 Å². The van der Waals surface area contributed by atoms with Gasteiger partial charge >= 0.3 is 7.12 Å². The lowest BCUT2D eigenvalue weighted by atomic mass is 9.76. The number of anilines is 1. The minimum absolute atomic E-state index is 0.335. The Kier molecular flexibility index (Phi) is 5.39. The van der Waals surface area contributed by atoms with Crippen molar-refractivity contribution in [3.63, 3.8) is 0 Å². The van der Waals surface area contributed by atoms with Gasteiger partial charge in [0.1, 0.15) is 17.9 Å². The van der Waals surface area contributed by atoms with Crippen LogP contribution in [0.3, 0.4) is 0 Å². The molecule has 0 N–H and O–H groups in total. The van der Waals surface area contributed by atoms with Crippen LogP contribution in [0.15, 0.2) is 30.3 Å². The van der Waals surface area contributed by atoms with Gasteiger partial charge in [0.15, 0.2) is 0 Å². The molecule has 2 heterocycles. The van der Waals surface area contributed by atoms with Gasteiger partial charge in [-0.25, -0.2) is 9.83 Å². The number of nitrogens with zero attached hydrogens (tertiary/aromatic N) is 3. The Balaban J connectivity index is 1.88. The summed E-state index contributed by atoms with van der Waals surface area (Å²) in [6, 6.07) is 8.43. The Labute approximate surface area is 171 Å². The molecule has 0 unspecified atom stereocenters. The van der Waals surface area contributed by atoms with E-state index in [0.717, 1.165) is 6.29 Å². The topological polar surface area (TPSA) is 65.2 Å². The first-order chi connectivity index (χ1) is 13.6. The van der Waals surface area contributed by atoms with Crippen LogP contribution in [0.2, 0.25) is 0 Å². The predicted molar refractivity (Wildman–Crippen MR) is 112 cm³/mol. The molecule has 1 aliphatic heterocycles. The molecular formula is C21H24BN3O4. The third-order valence-electron chi connectivity index (χ3n) is 5.29. The van der Waals surface area contributed by atoms with Gasteiger partial charge < -0.3 is 18.9 Å². The van der Waals surface area contributed by atoms with Crippen LogP contribution in [0, 0.1) is 6.57 Å². The summed E-state index contributed by atoms with van der Waals surface area (Å²) in [5.41, 5.74) is 0.517. The van der Waals surface area contributed by atoms with Gasteiger partial charge in [0.2, 0.25) is 11.6 Å². The number of rotatable bonds is 5. The summed E-state index contributed by atoms with van der Waals surface area (Å²) in [6.07, 6.45) is 0.758. The number of benzene rings is 1. The molecule has 1 saturated heterocycles. The maximum atomic E-state index is 11.7. The fourth-order valence-electron chi connectivity index (χ4n) is 2.92. The van der Waals surface area contributed by atoms with Crippen molar-refractivity contribution in [1.82, 2.24) is 4.98 Å². The van der Waals surface area contributed by atoms with Crippen LogP contribution in [-0.4, -0.2) is 43.7 Å². The second-order valence-electron chi connectivity index (χ2n) is 8.10. The molecule has 0 amide bonds. The number of hydrogen-bond donors (Lipinski definition) is 0. The van der Waals surface area contributed by atoms with E-state index in [4.69, 9.17) is 20.6 Å². The lowest BCUT2D eigenvalue weighted by molar-refractivity contribution is 0.00578. The van der Waals surface area contributed by atoms with Crippen molar-refractivity contribution in [2.24, 2.45) is 0 Å². The van der Waals surface area contributed by atoms with E-state index in [1.54, 1.807) is 35.2 Å². The smallest absolute Gasteiger partial charge is 0.439 e. The standard InChI is InChI=1S/C21H24BN3O4/c1-20(2)21(3,4)29-22(28-20)16-9-8-15(12-14(16)13-26)27-18-11-10-17(23-5)19(24-18)25(6)7/h8-13H,1-4,6-7H3. The van der Waals surface area contributed by atoms with Gasteiger partial charge in [0.25, 0.3) is 0 Å². The second-order valence-corrected chi connectivity index (χ2v) is 8.10. The summed E-state index contributed by atoms with van der Waals surface area (Å²) < 4.78 is 17.9. The van der Waals surface area contributed by atoms with Crippen LogP contribution >= 0.6 is 0 Å². The van der Waals surface area contributed by atoms with Crippen molar-refractivity contribution < 1.29 is 18.8 Å². The van der Waals surface area contributed by atoms with Gasteiger partial charge in [0.05, 0.1) is 17.8 Å². The highest BCUT2D eigenvalue weighted by molar-refractivity contribution is 6.63. The summed E-state index contributed by atoms with van der Waals surface area (Å²) in [7, 11) is 2.99. The van der Waals surface area contributed by atoms with Crippen molar-refractivity contribution >= 4 is 30.4 Å². The molecule has 0 aliphatic carbocycles. The fourth-order valence-corrected chi connectivity index (χ4v) is 2.92. The number of carbonyl (C=O) groups excluding carboxylic acids is 1. The molecule has 0 bridgehead atoms. The van der Waals surface area contributed by atoms with Gasteiger partial charge in [-0.1, -0.05) is 6.07 Å². The third kappa shape index (κ3) is 3.97. The predicted octanol–water partition coefficient (Wildman–Crippen LogP) is 3.60. The van der Waals surface area contributed by atoms with E-state index in [0.29, 0.717) is 34.2 Å². The molecule has 1 aromatic carbocycles. The first kappa shape index (κ1) is 20.8. The first-order valence-corrected chi connectivity index (χ1v) is 9.26. The Hall–Kier alpha value is -2.89. The van der Waals surface area contributed by atoms with Crippen LogP contribution < -0.4 is 15.1 Å². The number of aromatic nitrogens is 1.